The summed E-state index contributed by atoms with van der Waals surface area (Å²) >= 11 is 0. The molecular weight excluding hydrogens is 479 g/mol. The lowest BCUT2D eigenvalue weighted by molar-refractivity contribution is 0.168. The number of aromatic nitrogens is 1. The van der Waals surface area contributed by atoms with Gasteiger partial charge in [-0.25, -0.2) is 9.98 Å². The Labute approximate surface area is 190 Å². The van der Waals surface area contributed by atoms with Crippen LogP contribution in [-0.2, 0) is 6.54 Å². The van der Waals surface area contributed by atoms with Gasteiger partial charge in [-0.2, -0.15) is 0 Å². The lowest BCUT2D eigenvalue weighted by Crippen LogP contribution is -2.38. The zero-order valence-corrected chi connectivity index (χ0v) is 19.2. The number of nitrogens with one attached hydrogen (secondary N) is 2. The number of aliphatic hydroxyl groups is 1. The van der Waals surface area contributed by atoms with E-state index in [1.165, 1.54) is 12.8 Å². The molecular formula is C22H31IN4O2. The van der Waals surface area contributed by atoms with Crippen LogP contribution in [0, 0.1) is 5.92 Å². The number of nitrogens with zero attached hydrogens (tertiary/aromatic N) is 2. The molecule has 1 aromatic heterocycles. The van der Waals surface area contributed by atoms with Gasteiger partial charge < -0.3 is 20.5 Å². The highest BCUT2D eigenvalue weighted by atomic mass is 127. The zero-order valence-electron chi connectivity index (χ0n) is 16.9. The Hall–Kier alpha value is -1.87. The maximum absolute atomic E-state index is 10.3. The van der Waals surface area contributed by atoms with Crippen LogP contribution in [0.15, 0.2) is 53.7 Å². The Bertz CT molecular complexity index is 753. The highest BCUT2D eigenvalue weighted by Crippen LogP contribution is 2.29. The number of ether oxygens (including phenoxy) is 1. The maximum atomic E-state index is 10.3. The lowest BCUT2D eigenvalue weighted by Gasteiger charge is -2.14. The van der Waals surface area contributed by atoms with E-state index in [-0.39, 0.29) is 24.0 Å². The monoisotopic (exact) mass is 510 g/mol. The molecule has 0 bridgehead atoms. The molecule has 1 fully saturated rings. The predicted octanol–water partition coefficient (Wildman–Crippen LogP) is 3.67. The molecule has 1 heterocycles. The first-order chi connectivity index (χ1) is 13.7. The van der Waals surface area contributed by atoms with Gasteiger partial charge in [-0.15, -0.1) is 24.0 Å². The first-order valence-electron chi connectivity index (χ1n) is 10.1. The van der Waals surface area contributed by atoms with Crippen LogP contribution in [0.25, 0.3) is 0 Å². The van der Waals surface area contributed by atoms with Crippen LogP contribution in [0.5, 0.6) is 5.88 Å². The van der Waals surface area contributed by atoms with E-state index in [9.17, 15) is 5.11 Å². The zero-order chi connectivity index (χ0) is 19.6. The fraction of sp³-hybridized carbons (Fsp3) is 0.455. The van der Waals surface area contributed by atoms with Gasteiger partial charge in [0, 0.05) is 25.4 Å². The molecule has 158 valence electrons. The van der Waals surface area contributed by atoms with E-state index >= 15 is 0 Å². The summed E-state index contributed by atoms with van der Waals surface area (Å²) in [6.45, 7) is 4.74. The fourth-order valence-electron chi connectivity index (χ4n) is 2.80. The standard InChI is InChI=1S/C22H30N4O2.HI/c1-2-23-22(25-13-11-20(27)19-6-4-3-5-7-19)26-15-18-10-12-24-21(14-18)28-16-17-8-9-17;/h3-7,10,12,14,17,20,27H,2,8-9,11,13,15-16H2,1H3,(H2,23,25,26);1H. The van der Waals surface area contributed by atoms with Gasteiger partial charge in [0.2, 0.25) is 5.88 Å². The second kappa shape index (κ2) is 12.6. The van der Waals surface area contributed by atoms with Crippen molar-refractivity contribution in [3.63, 3.8) is 0 Å². The van der Waals surface area contributed by atoms with Crippen molar-refractivity contribution in [2.75, 3.05) is 19.7 Å². The Kier molecular flexibility index (Phi) is 10.2. The molecule has 1 aromatic carbocycles. The Balaban J connectivity index is 0.00000300. The molecule has 1 unspecified atom stereocenters. The highest BCUT2D eigenvalue weighted by Gasteiger charge is 2.22. The quantitative estimate of drug-likeness (QED) is 0.258. The van der Waals surface area contributed by atoms with Gasteiger partial charge >= 0.3 is 0 Å². The number of guanidine groups is 1. The fourth-order valence-corrected chi connectivity index (χ4v) is 2.80. The van der Waals surface area contributed by atoms with E-state index in [0.29, 0.717) is 31.3 Å². The summed E-state index contributed by atoms with van der Waals surface area (Å²) in [7, 11) is 0. The van der Waals surface area contributed by atoms with Gasteiger partial charge in [-0.1, -0.05) is 30.3 Å². The normalized spacial score (nSPS) is 14.6. The van der Waals surface area contributed by atoms with Crippen LogP contribution in [0.4, 0.5) is 0 Å². The molecule has 1 saturated carbocycles. The summed E-state index contributed by atoms with van der Waals surface area (Å²) in [6.07, 6.45) is 4.43. The van der Waals surface area contributed by atoms with Crippen molar-refractivity contribution >= 4 is 29.9 Å². The number of halogens is 1. The molecule has 6 nitrogen and oxygen atoms in total. The van der Waals surface area contributed by atoms with Crippen molar-refractivity contribution in [3.8, 4) is 5.88 Å². The van der Waals surface area contributed by atoms with Gasteiger partial charge in [0.25, 0.3) is 0 Å². The van der Waals surface area contributed by atoms with Crippen LogP contribution >= 0.6 is 24.0 Å². The van der Waals surface area contributed by atoms with Crippen molar-refractivity contribution in [2.45, 2.75) is 38.8 Å². The van der Waals surface area contributed by atoms with Crippen LogP contribution in [0.3, 0.4) is 0 Å². The van der Waals surface area contributed by atoms with E-state index in [0.717, 1.165) is 30.2 Å². The molecule has 0 spiro atoms. The summed E-state index contributed by atoms with van der Waals surface area (Å²) in [5.74, 6) is 2.11. The largest absolute Gasteiger partial charge is 0.477 e. The number of rotatable bonds is 10. The third kappa shape index (κ3) is 8.57. The van der Waals surface area contributed by atoms with Gasteiger partial charge in [0.15, 0.2) is 5.96 Å². The molecule has 1 aliphatic carbocycles. The summed E-state index contributed by atoms with van der Waals surface area (Å²) < 4.78 is 5.74. The number of hydrogen-bond donors (Lipinski definition) is 3. The molecule has 0 aliphatic heterocycles. The van der Waals surface area contributed by atoms with Gasteiger partial charge in [0.1, 0.15) is 0 Å². The van der Waals surface area contributed by atoms with E-state index in [1.54, 1.807) is 6.20 Å². The molecule has 0 radical (unpaired) electrons. The van der Waals surface area contributed by atoms with Crippen LogP contribution < -0.4 is 15.4 Å². The predicted molar refractivity (Wildman–Crippen MR) is 127 cm³/mol. The molecule has 3 N–H and O–H groups in total. The van der Waals surface area contributed by atoms with E-state index in [2.05, 4.69) is 20.6 Å². The van der Waals surface area contributed by atoms with Gasteiger partial charge in [0.05, 0.1) is 19.3 Å². The van der Waals surface area contributed by atoms with E-state index < -0.39 is 6.10 Å². The third-order valence-electron chi connectivity index (χ3n) is 4.62. The van der Waals surface area contributed by atoms with Crippen molar-refractivity contribution in [3.05, 3.63) is 59.8 Å². The minimum absolute atomic E-state index is 0. The SMILES string of the molecule is CCNC(=NCc1ccnc(OCC2CC2)c1)NCCC(O)c1ccccc1.I. The topological polar surface area (TPSA) is 78.8 Å². The van der Waals surface area contributed by atoms with Crippen molar-refractivity contribution in [2.24, 2.45) is 10.9 Å². The molecule has 1 aliphatic rings. The number of benzene rings is 1. The van der Waals surface area contributed by atoms with E-state index in [4.69, 9.17) is 4.74 Å². The maximum Gasteiger partial charge on any atom is 0.213 e. The Morgan fingerprint density at radius 1 is 1.24 bits per heavy atom. The van der Waals surface area contributed by atoms with Crippen LogP contribution in [-0.4, -0.2) is 35.7 Å². The second-order valence-electron chi connectivity index (χ2n) is 7.09. The minimum Gasteiger partial charge on any atom is -0.477 e. The second-order valence-corrected chi connectivity index (χ2v) is 7.09. The third-order valence-corrected chi connectivity index (χ3v) is 4.62. The first-order valence-corrected chi connectivity index (χ1v) is 10.1. The average molecular weight is 510 g/mol. The molecule has 0 amide bonds. The summed E-state index contributed by atoms with van der Waals surface area (Å²) in [4.78, 5) is 8.90. The number of aliphatic imine (C=N–C) groups is 1. The number of hydrogen-bond acceptors (Lipinski definition) is 4. The van der Waals surface area contributed by atoms with Crippen molar-refractivity contribution in [1.29, 1.82) is 0 Å². The van der Waals surface area contributed by atoms with Crippen LogP contribution in [0.2, 0.25) is 0 Å². The van der Waals surface area contributed by atoms with Gasteiger partial charge in [-0.3, -0.25) is 0 Å². The summed E-state index contributed by atoms with van der Waals surface area (Å²) in [5, 5.41) is 16.8. The minimum atomic E-state index is -0.483. The summed E-state index contributed by atoms with van der Waals surface area (Å²) in [6, 6.07) is 13.6. The molecule has 3 rings (SSSR count). The molecule has 0 saturated heterocycles. The van der Waals surface area contributed by atoms with Crippen molar-refractivity contribution in [1.82, 2.24) is 15.6 Å². The lowest BCUT2D eigenvalue weighted by atomic mass is 10.1. The number of pyridine rings is 1. The van der Waals surface area contributed by atoms with Crippen molar-refractivity contribution < 1.29 is 9.84 Å². The van der Waals surface area contributed by atoms with Crippen LogP contribution in [0.1, 0.15) is 43.4 Å². The Morgan fingerprint density at radius 2 is 2.03 bits per heavy atom. The van der Waals surface area contributed by atoms with E-state index in [1.807, 2.05) is 49.4 Å². The molecule has 29 heavy (non-hydrogen) atoms. The first kappa shape index (κ1) is 23.4. The number of aliphatic hydroxyl groups excluding tert-OH is 1. The average Bonchev–Trinajstić information content (AvgIpc) is 3.56. The summed E-state index contributed by atoms with van der Waals surface area (Å²) in [5.41, 5.74) is 1.99. The highest BCUT2D eigenvalue weighted by molar-refractivity contribution is 14.0. The molecule has 7 heteroatoms. The van der Waals surface area contributed by atoms with Gasteiger partial charge in [-0.05, 0) is 49.3 Å². The smallest absolute Gasteiger partial charge is 0.213 e. The molecule has 2 aromatic rings. The Morgan fingerprint density at radius 3 is 2.76 bits per heavy atom. The molecule has 1 atom stereocenters.